The van der Waals surface area contributed by atoms with Crippen molar-refractivity contribution < 1.29 is 13.9 Å². The molecule has 0 radical (unpaired) electrons. The Morgan fingerprint density at radius 1 is 1.08 bits per heavy atom. The van der Waals surface area contributed by atoms with Gasteiger partial charge in [0.05, 0.1) is 0 Å². The van der Waals surface area contributed by atoms with Crippen molar-refractivity contribution in [2.45, 2.75) is 6.92 Å². The molecule has 5 rings (SSSR count). The third kappa shape index (κ3) is 2.21. The van der Waals surface area contributed by atoms with E-state index in [1.165, 1.54) is 4.52 Å². The minimum absolute atomic E-state index is 0.0380. The van der Waals surface area contributed by atoms with Crippen LogP contribution in [0.2, 0.25) is 0 Å². The van der Waals surface area contributed by atoms with Gasteiger partial charge in [0.25, 0.3) is 11.6 Å². The van der Waals surface area contributed by atoms with Gasteiger partial charge in [0, 0.05) is 22.7 Å². The van der Waals surface area contributed by atoms with E-state index < -0.39 is 5.97 Å². The lowest BCUT2D eigenvalue weighted by Crippen LogP contribution is -2.10. The van der Waals surface area contributed by atoms with Crippen LogP contribution in [0.4, 0.5) is 0 Å². The van der Waals surface area contributed by atoms with Crippen LogP contribution in [0.15, 0.2) is 59.1 Å². The highest BCUT2D eigenvalue weighted by Gasteiger charge is 2.17. The van der Waals surface area contributed by atoms with E-state index in [1.54, 1.807) is 30.5 Å². The van der Waals surface area contributed by atoms with Gasteiger partial charge in [-0.3, -0.25) is 0 Å². The molecular formula is C19H12N4O3. The summed E-state index contributed by atoms with van der Waals surface area (Å²) in [5.74, 6) is 0.0804. The molecule has 0 saturated carbocycles. The topological polar surface area (TPSA) is 82.5 Å². The maximum atomic E-state index is 12.4. The Kier molecular flexibility index (Phi) is 3.02. The molecule has 0 spiro atoms. The average Bonchev–Trinajstić information content (AvgIpc) is 3.24. The zero-order chi connectivity index (χ0) is 17.7. The van der Waals surface area contributed by atoms with Gasteiger partial charge in [-0.25, -0.2) is 14.3 Å². The summed E-state index contributed by atoms with van der Waals surface area (Å²) >= 11 is 0. The lowest BCUT2D eigenvalue weighted by atomic mass is 10.1. The van der Waals surface area contributed by atoms with Gasteiger partial charge in [-0.1, -0.05) is 18.2 Å². The van der Waals surface area contributed by atoms with E-state index in [0.29, 0.717) is 11.5 Å². The molecule has 26 heavy (non-hydrogen) atoms. The smallest absolute Gasteiger partial charge is 0.383 e. The third-order valence-electron chi connectivity index (χ3n) is 4.17. The summed E-state index contributed by atoms with van der Waals surface area (Å²) < 4.78 is 12.7. The number of nitrogens with zero attached hydrogens (tertiary/aromatic N) is 4. The number of esters is 1. The Balaban J connectivity index is 1.52. The summed E-state index contributed by atoms with van der Waals surface area (Å²) in [6.45, 7) is 1.86. The second kappa shape index (κ2) is 5.38. The fraction of sp³-hybridized carbons (Fsp3) is 0.0526. The van der Waals surface area contributed by atoms with Crippen LogP contribution in [0, 0.1) is 6.92 Å². The van der Waals surface area contributed by atoms with Gasteiger partial charge in [-0.15, -0.1) is 5.10 Å². The molecule has 126 valence electrons. The van der Waals surface area contributed by atoms with Gasteiger partial charge in [0.2, 0.25) is 0 Å². The molecule has 0 amide bonds. The molecule has 7 nitrogen and oxygen atoms in total. The molecule has 3 heterocycles. The van der Waals surface area contributed by atoms with E-state index >= 15 is 0 Å². The van der Waals surface area contributed by atoms with Crippen LogP contribution in [0.1, 0.15) is 16.3 Å². The van der Waals surface area contributed by atoms with Crippen LogP contribution in [0.25, 0.3) is 27.7 Å². The minimum atomic E-state index is -0.637. The molecule has 2 aromatic carbocycles. The first-order valence-corrected chi connectivity index (χ1v) is 8.01. The number of carbonyl (C=O) groups excluding carboxylic acids is 1. The SMILES string of the molecule is Cc1ccnc2nc(C(=O)Oc3ccc4oc5ccccc5c4c3)nn12. The molecule has 0 aliphatic carbocycles. The molecule has 0 atom stereocenters. The van der Waals surface area contributed by atoms with E-state index in [0.717, 1.165) is 27.6 Å². The number of fused-ring (bicyclic) bond motifs is 4. The van der Waals surface area contributed by atoms with Gasteiger partial charge >= 0.3 is 5.97 Å². The number of para-hydroxylation sites is 1. The zero-order valence-electron chi connectivity index (χ0n) is 13.7. The first-order chi connectivity index (χ1) is 12.7. The molecule has 0 saturated heterocycles. The summed E-state index contributed by atoms with van der Waals surface area (Å²) in [7, 11) is 0. The first-order valence-electron chi connectivity index (χ1n) is 8.01. The van der Waals surface area contributed by atoms with E-state index in [1.807, 2.05) is 31.2 Å². The molecule has 0 fully saturated rings. The lowest BCUT2D eigenvalue weighted by Gasteiger charge is -2.01. The van der Waals surface area contributed by atoms with Crippen molar-refractivity contribution in [3.8, 4) is 5.75 Å². The van der Waals surface area contributed by atoms with E-state index in [-0.39, 0.29) is 5.82 Å². The molecule has 0 bridgehead atoms. The predicted molar refractivity (Wildman–Crippen MR) is 94.2 cm³/mol. The number of aryl methyl sites for hydroxylation is 1. The Morgan fingerprint density at radius 3 is 2.81 bits per heavy atom. The molecule has 3 aromatic heterocycles. The fourth-order valence-electron chi connectivity index (χ4n) is 2.91. The van der Waals surface area contributed by atoms with Crippen LogP contribution in [0.3, 0.4) is 0 Å². The van der Waals surface area contributed by atoms with Crippen LogP contribution in [0.5, 0.6) is 5.75 Å². The Morgan fingerprint density at radius 2 is 1.92 bits per heavy atom. The molecule has 5 aromatic rings. The highest BCUT2D eigenvalue weighted by atomic mass is 16.5. The Bertz CT molecular complexity index is 1300. The predicted octanol–water partition coefficient (Wildman–Crippen LogP) is 3.55. The number of aromatic nitrogens is 4. The Labute approximate surface area is 146 Å². The van der Waals surface area contributed by atoms with Crippen LogP contribution in [-0.4, -0.2) is 25.6 Å². The summed E-state index contributed by atoms with van der Waals surface area (Å²) in [6, 6.07) is 14.7. The highest BCUT2D eigenvalue weighted by molar-refractivity contribution is 6.05. The van der Waals surface area contributed by atoms with Crippen molar-refractivity contribution in [2.75, 3.05) is 0 Å². The zero-order valence-corrected chi connectivity index (χ0v) is 13.7. The number of rotatable bonds is 2. The van der Waals surface area contributed by atoms with E-state index in [4.69, 9.17) is 9.15 Å². The van der Waals surface area contributed by atoms with Crippen LogP contribution in [-0.2, 0) is 0 Å². The molecule has 0 aliphatic rings. The summed E-state index contributed by atoms with van der Waals surface area (Å²) in [5.41, 5.74) is 2.35. The first kappa shape index (κ1) is 14.6. The normalized spacial score (nSPS) is 11.4. The molecule has 0 aliphatic heterocycles. The number of benzene rings is 2. The molecule has 0 unspecified atom stereocenters. The van der Waals surface area contributed by atoms with Crippen LogP contribution < -0.4 is 4.74 Å². The van der Waals surface area contributed by atoms with E-state index in [2.05, 4.69) is 15.1 Å². The lowest BCUT2D eigenvalue weighted by molar-refractivity contribution is 0.0722. The third-order valence-corrected chi connectivity index (χ3v) is 4.17. The van der Waals surface area contributed by atoms with Crippen molar-refractivity contribution in [3.63, 3.8) is 0 Å². The number of carbonyl (C=O) groups is 1. The van der Waals surface area contributed by atoms with Crippen molar-refractivity contribution >= 4 is 33.7 Å². The Hall–Kier alpha value is -3.74. The van der Waals surface area contributed by atoms with Gasteiger partial charge in [0.15, 0.2) is 0 Å². The number of ether oxygens (including phenoxy) is 1. The van der Waals surface area contributed by atoms with Crippen molar-refractivity contribution in [1.82, 2.24) is 19.6 Å². The maximum Gasteiger partial charge on any atom is 0.383 e. The quantitative estimate of drug-likeness (QED) is 0.360. The largest absolute Gasteiger partial charge is 0.456 e. The van der Waals surface area contributed by atoms with Crippen LogP contribution >= 0.6 is 0 Å². The monoisotopic (exact) mass is 344 g/mol. The second-order valence-electron chi connectivity index (χ2n) is 5.88. The minimum Gasteiger partial charge on any atom is -0.456 e. The molecular weight excluding hydrogens is 332 g/mol. The summed E-state index contributed by atoms with van der Waals surface area (Å²) in [4.78, 5) is 20.6. The maximum absolute atomic E-state index is 12.4. The van der Waals surface area contributed by atoms with Gasteiger partial charge < -0.3 is 9.15 Å². The number of hydrogen-bond donors (Lipinski definition) is 0. The molecule has 7 heteroatoms. The van der Waals surface area contributed by atoms with Crippen molar-refractivity contribution in [1.29, 1.82) is 0 Å². The number of furan rings is 1. The summed E-state index contributed by atoms with van der Waals surface area (Å²) in [6.07, 6.45) is 1.62. The van der Waals surface area contributed by atoms with Crippen molar-refractivity contribution in [3.05, 3.63) is 66.2 Å². The highest BCUT2D eigenvalue weighted by Crippen LogP contribution is 2.31. The number of hydrogen-bond acceptors (Lipinski definition) is 6. The second-order valence-corrected chi connectivity index (χ2v) is 5.88. The van der Waals surface area contributed by atoms with Gasteiger partial charge in [0.1, 0.15) is 16.9 Å². The fourth-order valence-corrected chi connectivity index (χ4v) is 2.91. The van der Waals surface area contributed by atoms with E-state index in [9.17, 15) is 4.79 Å². The van der Waals surface area contributed by atoms with Gasteiger partial charge in [-0.2, -0.15) is 4.98 Å². The standard InChI is InChI=1S/C19H12N4O3/c1-11-8-9-20-19-21-17(22-23(11)19)18(24)25-12-6-7-16-14(10-12)13-4-2-3-5-15(13)26-16/h2-10H,1H3. The van der Waals surface area contributed by atoms with Crippen molar-refractivity contribution in [2.24, 2.45) is 0 Å². The van der Waals surface area contributed by atoms with Gasteiger partial charge in [-0.05, 0) is 37.3 Å². The average molecular weight is 344 g/mol. The summed E-state index contributed by atoms with van der Waals surface area (Å²) in [5, 5.41) is 6.01. The molecule has 0 N–H and O–H groups in total.